The standard InChI is InChI=1S/C19H29BrN2O2/c1-18(2,3)24-17(23)22-19(4,5)12-21-16-9-7-13-10-15(20)8-6-14(13)11-16/h6,8,10,16,21H,7,9,11-12H2,1-5H3,(H,22,23). The van der Waals surface area contributed by atoms with Crippen LogP contribution in [0.5, 0.6) is 0 Å². The van der Waals surface area contributed by atoms with Crippen molar-refractivity contribution in [3.05, 3.63) is 33.8 Å². The molecule has 0 spiro atoms. The highest BCUT2D eigenvalue weighted by Crippen LogP contribution is 2.25. The summed E-state index contributed by atoms with van der Waals surface area (Å²) in [5.74, 6) is 0. The predicted octanol–water partition coefficient (Wildman–Crippen LogP) is 4.20. The maximum Gasteiger partial charge on any atom is 0.408 e. The van der Waals surface area contributed by atoms with Gasteiger partial charge in [-0.1, -0.05) is 22.0 Å². The van der Waals surface area contributed by atoms with Crippen LogP contribution in [0.4, 0.5) is 4.79 Å². The van der Waals surface area contributed by atoms with Gasteiger partial charge in [-0.05, 0) is 77.1 Å². The Morgan fingerprint density at radius 1 is 1.25 bits per heavy atom. The fourth-order valence-electron chi connectivity index (χ4n) is 2.92. The van der Waals surface area contributed by atoms with Crippen LogP contribution in [0.15, 0.2) is 22.7 Å². The number of amides is 1. The van der Waals surface area contributed by atoms with Gasteiger partial charge in [-0.2, -0.15) is 0 Å². The second kappa shape index (κ2) is 7.44. The van der Waals surface area contributed by atoms with E-state index in [2.05, 4.69) is 44.8 Å². The minimum atomic E-state index is -0.477. The maximum absolute atomic E-state index is 12.0. The monoisotopic (exact) mass is 396 g/mol. The molecule has 0 saturated carbocycles. The Morgan fingerprint density at radius 2 is 1.96 bits per heavy atom. The van der Waals surface area contributed by atoms with E-state index in [9.17, 15) is 4.79 Å². The van der Waals surface area contributed by atoms with Crippen LogP contribution < -0.4 is 10.6 Å². The molecule has 0 saturated heterocycles. The van der Waals surface area contributed by atoms with E-state index in [-0.39, 0.29) is 11.6 Å². The molecule has 134 valence electrons. The minimum Gasteiger partial charge on any atom is -0.444 e. The molecule has 1 atom stereocenters. The van der Waals surface area contributed by atoms with E-state index >= 15 is 0 Å². The molecular weight excluding hydrogens is 368 g/mol. The van der Waals surface area contributed by atoms with Crippen molar-refractivity contribution >= 4 is 22.0 Å². The Balaban J connectivity index is 1.84. The summed E-state index contributed by atoms with van der Waals surface area (Å²) in [5.41, 5.74) is 2.02. The lowest BCUT2D eigenvalue weighted by atomic mass is 9.88. The van der Waals surface area contributed by atoms with Crippen molar-refractivity contribution in [2.24, 2.45) is 0 Å². The van der Waals surface area contributed by atoms with Gasteiger partial charge in [0.05, 0.1) is 5.54 Å². The van der Waals surface area contributed by atoms with Crippen LogP contribution in [-0.4, -0.2) is 29.8 Å². The number of carbonyl (C=O) groups excluding carboxylic acids is 1. The largest absolute Gasteiger partial charge is 0.444 e. The summed E-state index contributed by atoms with van der Waals surface area (Å²) in [6, 6.07) is 6.98. The lowest BCUT2D eigenvalue weighted by Gasteiger charge is -2.32. The smallest absolute Gasteiger partial charge is 0.408 e. The number of hydrogen-bond donors (Lipinski definition) is 2. The molecule has 1 aromatic carbocycles. The highest BCUT2D eigenvalue weighted by Gasteiger charge is 2.26. The molecule has 0 aliphatic heterocycles. The third-order valence-corrected chi connectivity index (χ3v) is 4.56. The number of fused-ring (bicyclic) bond motifs is 1. The Labute approximate surface area is 153 Å². The Morgan fingerprint density at radius 3 is 2.62 bits per heavy atom. The Bertz CT molecular complexity index is 594. The number of aryl methyl sites for hydroxylation is 1. The molecule has 0 radical (unpaired) electrons. The first kappa shape index (κ1) is 19.3. The molecule has 5 heteroatoms. The number of benzene rings is 1. The van der Waals surface area contributed by atoms with Gasteiger partial charge in [0.2, 0.25) is 0 Å². The quantitative estimate of drug-likeness (QED) is 0.801. The van der Waals surface area contributed by atoms with Gasteiger partial charge >= 0.3 is 6.09 Å². The van der Waals surface area contributed by atoms with Gasteiger partial charge < -0.3 is 15.4 Å². The van der Waals surface area contributed by atoms with E-state index in [1.54, 1.807) is 0 Å². The first-order valence-electron chi connectivity index (χ1n) is 8.56. The lowest BCUT2D eigenvalue weighted by Crippen LogP contribution is -2.53. The Hall–Kier alpha value is -1.07. The Kier molecular flexibility index (Phi) is 5.97. The third kappa shape index (κ3) is 6.10. The molecule has 1 aliphatic carbocycles. The molecule has 1 unspecified atom stereocenters. The van der Waals surface area contributed by atoms with E-state index in [1.165, 1.54) is 11.1 Å². The summed E-state index contributed by atoms with van der Waals surface area (Å²) in [6.45, 7) is 10.3. The van der Waals surface area contributed by atoms with Crippen molar-refractivity contribution in [2.45, 2.75) is 71.1 Å². The van der Waals surface area contributed by atoms with Gasteiger partial charge in [0.1, 0.15) is 5.60 Å². The maximum atomic E-state index is 12.0. The van der Waals surface area contributed by atoms with E-state index in [1.807, 2.05) is 34.6 Å². The van der Waals surface area contributed by atoms with E-state index in [0.717, 1.165) is 23.7 Å². The van der Waals surface area contributed by atoms with Gasteiger partial charge in [0, 0.05) is 17.1 Å². The topological polar surface area (TPSA) is 50.4 Å². The highest BCUT2D eigenvalue weighted by molar-refractivity contribution is 9.10. The molecule has 2 rings (SSSR count). The number of alkyl carbamates (subject to hydrolysis) is 1. The minimum absolute atomic E-state index is 0.359. The molecule has 2 N–H and O–H groups in total. The van der Waals surface area contributed by atoms with Crippen LogP contribution in [0.1, 0.15) is 52.2 Å². The average molecular weight is 397 g/mol. The van der Waals surface area contributed by atoms with Crippen molar-refractivity contribution in [3.8, 4) is 0 Å². The van der Waals surface area contributed by atoms with Crippen LogP contribution in [-0.2, 0) is 17.6 Å². The molecule has 4 nitrogen and oxygen atoms in total. The summed E-state index contributed by atoms with van der Waals surface area (Å²) >= 11 is 3.54. The van der Waals surface area contributed by atoms with Crippen LogP contribution >= 0.6 is 15.9 Å². The van der Waals surface area contributed by atoms with Crippen LogP contribution in [0.2, 0.25) is 0 Å². The predicted molar refractivity (Wildman–Crippen MR) is 101 cm³/mol. The summed E-state index contributed by atoms with van der Waals surface area (Å²) in [7, 11) is 0. The summed E-state index contributed by atoms with van der Waals surface area (Å²) < 4.78 is 6.49. The fourth-order valence-corrected chi connectivity index (χ4v) is 3.33. The molecule has 0 fully saturated rings. The first-order valence-corrected chi connectivity index (χ1v) is 9.35. The van der Waals surface area contributed by atoms with Gasteiger partial charge in [-0.15, -0.1) is 0 Å². The SMILES string of the molecule is CC(C)(CNC1CCc2cc(Br)ccc2C1)NC(=O)OC(C)(C)C. The summed E-state index contributed by atoms with van der Waals surface area (Å²) in [6.07, 6.45) is 2.87. The van der Waals surface area contributed by atoms with Crippen molar-refractivity contribution in [3.63, 3.8) is 0 Å². The number of ether oxygens (including phenoxy) is 1. The van der Waals surface area contributed by atoms with E-state index in [4.69, 9.17) is 4.74 Å². The highest BCUT2D eigenvalue weighted by atomic mass is 79.9. The molecule has 1 aliphatic rings. The van der Waals surface area contributed by atoms with Gasteiger partial charge in [-0.25, -0.2) is 4.79 Å². The zero-order chi connectivity index (χ0) is 18.0. The number of hydrogen-bond acceptors (Lipinski definition) is 3. The number of rotatable bonds is 4. The van der Waals surface area contributed by atoms with Crippen molar-refractivity contribution in [2.75, 3.05) is 6.54 Å². The normalized spacial score (nSPS) is 18.0. The van der Waals surface area contributed by atoms with Gasteiger partial charge in [0.25, 0.3) is 0 Å². The van der Waals surface area contributed by atoms with E-state index < -0.39 is 5.60 Å². The number of halogens is 1. The average Bonchev–Trinajstić information content (AvgIpc) is 2.42. The van der Waals surface area contributed by atoms with Crippen LogP contribution in [0.3, 0.4) is 0 Å². The molecule has 24 heavy (non-hydrogen) atoms. The molecule has 0 aromatic heterocycles. The number of carbonyl (C=O) groups is 1. The molecular formula is C19H29BrN2O2. The summed E-state index contributed by atoms with van der Waals surface area (Å²) in [4.78, 5) is 12.0. The second-order valence-corrected chi connectivity index (χ2v) is 9.16. The fraction of sp³-hybridized carbons (Fsp3) is 0.632. The summed E-state index contributed by atoms with van der Waals surface area (Å²) in [5, 5.41) is 6.55. The van der Waals surface area contributed by atoms with E-state index in [0.29, 0.717) is 12.6 Å². The van der Waals surface area contributed by atoms with Crippen molar-refractivity contribution in [1.82, 2.24) is 10.6 Å². The van der Waals surface area contributed by atoms with Crippen molar-refractivity contribution < 1.29 is 9.53 Å². The van der Waals surface area contributed by atoms with Gasteiger partial charge in [0.15, 0.2) is 0 Å². The molecule has 1 amide bonds. The lowest BCUT2D eigenvalue weighted by molar-refractivity contribution is 0.0470. The second-order valence-electron chi connectivity index (χ2n) is 8.24. The zero-order valence-electron chi connectivity index (χ0n) is 15.3. The zero-order valence-corrected chi connectivity index (χ0v) is 16.9. The third-order valence-electron chi connectivity index (χ3n) is 4.07. The van der Waals surface area contributed by atoms with Gasteiger partial charge in [-0.3, -0.25) is 0 Å². The molecule has 0 bridgehead atoms. The number of nitrogens with one attached hydrogen (secondary N) is 2. The molecule has 1 aromatic rings. The first-order chi connectivity index (χ1) is 11.0. The van der Waals surface area contributed by atoms with Crippen LogP contribution in [0.25, 0.3) is 0 Å². The molecule has 0 heterocycles. The van der Waals surface area contributed by atoms with Crippen LogP contribution in [0, 0.1) is 0 Å². The van der Waals surface area contributed by atoms with Crippen molar-refractivity contribution in [1.29, 1.82) is 0 Å².